The number of aromatic nitrogens is 2. The molecule has 1 atom stereocenters. The van der Waals surface area contributed by atoms with Gasteiger partial charge in [0.2, 0.25) is 5.13 Å². The molecule has 0 aliphatic rings. The van der Waals surface area contributed by atoms with E-state index in [2.05, 4.69) is 28.7 Å². The summed E-state index contributed by atoms with van der Waals surface area (Å²) in [5.41, 5.74) is 1.74. The van der Waals surface area contributed by atoms with Crippen molar-refractivity contribution in [3.8, 4) is 0 Å². The van der Waals surface area contributed by atoms with E-state index in [1.807, 2.05) is 11.8 Å². The number of hydrogen-bond acceptors (Lipinski definition) is 5. The van der Waals surface area contributed by atoms with Gasteiger partial charge in [0.05, 0.1) is 0 Å². The molecule has 0 radical (unpaired) electrons. The molecule has 0 amide bonds. The molecule has 68 valence electrons. The third-order valence-corrected chi connectivity index (χ3v) is 2.96. The van der Waals surface area contributed by atoms with E-state index in [9.17, 15) is 0 Å². The molecule has 0 aromatic carbocycles. The van der Waals surface area contributed by atoms with E-state index in [1.165, 1.54) is 5.75 Å². The maximum atomic E-state index is 3.90. The van der Waals surface area contributed by atoms with Crippen molar-refractivity contribution >= 4 is 28.2 Å². The van der Waals surface area contributed by atoms with Crippen LogP contribution in [0.2, 0.25) is 0 Å². The molecule has 0 bridgehead atoms. The van der Waals surface area contributed by atoms with E-state index in [1.54, 1.807) is 16.8 Å². The first-order chi connectivity index (χ1) is 5.83. The maximum Gasteiger partial charge on any atom is 0.205 e. The first-order valence-electron chi connectivity index (χ1n) is 3.82. The molecule has 1 aromatic rings. The second-order valence-corrected chi connectivity index (χ2v) is 4.43. The molecule has 1 heterocycles. The predicted molar refractivity (Wildman–Crippen MR) is 55.9 cm³/mol. The smallest absolute Gasteiger partial charge is 0.205 e. The largest absolute Gasteiger partial charge is 0.360 e. The lowest BCUT2D eigenvalue weighted by Crippen LogP contribution is -2.12. The van der Waals surface area contributed by atoms with Crippen LogP contribution in [-0.2, 0) is 0 Å². The zero-order valence-electron chi connectivity index (χ0n) is 7.28. The summed E-state index contributed by atoms with van der Waals surface area (Å²) in [6, 6.07) is 0. The van der Waals surface area contributed by atoms with Crippen LogP contribution < -0.4 is 5.32 Å². The second kappa shape index (κ2) is 5.37. The van der Waals surface area contributed by atoms with Crippen molar-refractivity contribution in [3.05, 3.63) is 5.51 Å². The monoisotopic (exact) mass is 203 g/mol. The van der Waals surface area contributed by atoms with Gasteiger partial charge in [0.15, 0.2) is 0 Å². The number of nitrogens with zero attached hydrogens (tertiary/aromatic N) is 2. The van der Waals surface area contributed by atoms with Gasteiger partial charge in [-0.2, -0.15) is 11.8 Å². The van der Waals surface area contributed by atoms with E-state index in [-0.39, 0.29) is 0 Å². The van der Waals surface area contributed by atoms with Crippen molar-refractivity contribution in [2.24, 2.45) is 5.92 Å². The molecular weight excluding hydrogens is 190 g/mol. The fraction of sp³-hybridized carbons (Fsp3) is 0.714. The Morgan fingerprint density at radius 2 is 2.58 bits per heavy atom. The zero-order chi connectivity index (χ0) is 8.81. The highest BCUT2D eigenvalue weighted by molar-refractivity contribution is 7.98. The molecule has 1 N–H and O–H groups in total. The predicted octanol–water partition coefficient (Wildman–Crippen LogP) is 1.95. The highest BCUT2D eigenvalue weighted by Crippen LogP contribution is 2.10. The Morgan fingerprint density at radius 1 is 1.75 bits per heavy atom. The van der Waals surface area contributed by atoms with Crippen LogP contribution in [0.5, 0.6) is 0 Å². The van der Waals surface area contributed by atoms with Crippen LogP contribution in [0, 0.1) is 5.92 Å². The lowest BCUT2D eigenvalue weighted by atomic mass is 10.2. The molecule has 0 fully saturated rings. The topological polar surface area (TPSA) is 37.8 Å². The van der Waals surface area contributed by atoms with Gasteiger partial charge in [0.1, 0.15) is 5.51 Å². The summed E-state index contributed by atoms with van der Waals surface area (Å²) < 4.78 is 0. The second-order valence-electron chi connectivity index (χ2n) is 2.69. The summed E-state index contributed by atoms with van der Waals surface area (Å²) in [5, 5.41) is 11.8. The van der Waals surface area contributed by atoms with Crippen LogP contribution in [-0.4, -0.2) is 28.8 Å². The molecule has 0 saturated heterocycles. The number of hydrogen-bond donors (Lipinski definition) is 1. The molecule has 1 rings (SSSR count). The van der Waals surface area contributed by atoms with Gasteiger partial charge in [0.25, 0.3) is 0 Å². The van der Waals surface area contributed by atoms with Crippen LogP contribution in [0.3, 0.4) is 0 Å². The zero-order valence-corrected chi connectivity index (χ0v) is 8.91. The van der Waals surface area contributed by atoms with Crippen LogP contribution in [0.1, 0.15) is 6.92 Å². The van der Waals surface area contributed by atoms with E-state index in [0.29, 0.717) is 5.92 Å². The summed E-state index contributed by atoms with van der Waals surface area (Å²) in [7, 11) is 0. The number of rotatable bonds is 5. The third kappa shape index (κ3) is 3.40. The van der Waals surface area contributed by atoms with Crippen molar-refractivity contribution in [1.82, 2.24) is 10.2 Å². The average Bonchev–Trinajstić information content (AvgIpc) is 2.53. The lowest BCUT2D eigenvalue weighted by molar-refractivity contribution is 0.700. The number of nitrogens with one attached hydrogen (secondary N) is 1. The molecule has 0 spiro atoms. The molecule has 12 heavy (non-hydrogen) atoms. The molecule has 0 aliphatic carbocycles. The Labute approximate surface area is 81.0 Å². The Balaban J connectivity index is 2.17. The summed E-state index contributed by atoms with van der Waals surface area (Å²) >= 11 is 3.42. The molecule has 1 unspecified atom stereocenters. The highest BCUT2D eigenvalue weighted by Gasteiger charge is 2.01. The summed E-state index contributed by atoms with van der Waals surface area (Å²) in [5.74, 6) is 1.87. The van der Waals surface area contributed by atoms with Crippen molar-refractivity contribution in [3.63, 3.8) is 0 Å². The first-order valence-corrected chi connectivity index (χ1v) is 6.09. The van der Waals surface area contributed by atoms with Gasteiger partial charge < -0.3 is 5.32 Å². The molecule has 1 aromatic heterocycles. The standard InChI is InChI=1S/C7H13N3S2/c1-6(4-11-2)3-8-7-10-9-5-12-7/h5-6H,3-4H2,1-2H3,(H,8,10). The fourth-order valence-electron chi connectivity index (χ4n) is 0.855. The van der Waals surface area contributed by atoms with Gasteiger partial charge in [-0.1, -0.05) is 18.3 Å². The van der Waals surface area contributed by atoms with E-state index < -0.39 is 0 Å². The minimum Gasteiger partial charge on any atom is -0.360 e. The Morgan fingerprint density at radius 3 is 3.17 bits per heavy atom. The van der Waals surface area contributed by atoms with Gasteiger partial charge in [-0.25, -0.2) is 0 Å². The van der Waals surface area contributed by atoms with Gasteiger partial charge in [-0.05, 0) is 17.9 Å². The Bertz CT molecular complexity index is 200. The number of anilines is 1. The van der Waals surface area contributed by atoms with E-state index >= 15 is 0 Å². The summed E-state index contributed by atoms with van der Waals surface area (Å²) in [6.45, 7) is 3.21. The van der Waals surface area contributed by atoms with Gasteiger partial charge >= 0.3 is 0 Å². The minimum atomic E-state index is 0.684. The maximum absolute atomic E-state index is 3.90. The molecule has 5 heteroatoms. The first kappa shape index (κ1) is 9.80. The Kier molecular flexibility index (Phi) is 4.39. The fourth-order valence-corrected chi connectivity index (χ4v) is 2.00. The van der Waals surface area contributed by atoms with Gasteiger partial charge in [-0.15, -0.1) is 10.2 Å². The van der Waals surface area contributed by atoms with Crippen molar-refractivity contribution < 1.29 is 0 Å². The summed E-state index contributed by atoms with van der Waals surface area (Å²) in [6.07, 6.45) is 2.13. The van der Waals surface area contributed by atoms with Crippen LogP contribution in [0.4, 0.5) is 5.13 Å². The lowest BCUT2D eigenvalue weighted by Gasteiger charge is -2.08. The molecule has 0 aliphatic heterocycles. The quantitative estimate of drug-likeness (QED) is 0.793. The van der Waals surface area contributed by atoms with Crippen LogP contribution >= 0.6 is 23.1 Å². The average molecular weight is 203 g/mol. The highest BCUT2D eigenvalue weighted by atomic mass is 32.2. The van der Waals surface area contributed by atoms with Gasteiger partial charge in [0, 0.05) is 6.54 Å². The normalized spacial score (nSPS) is 12.8. The Hall–Kier alpha value is -0.290. The van der Waals surface area contributed by atoms with Crippen LogP contribution in [0.25, 0.3) is 0 Å². The van der Waals surface area contributed by atoms with E-state index in [0.717, 1.165) is 11.7 Å². The molecular formula is C7H13N3S2. The van der Waals surface area contributed by atoms with Crippen molar-refractivity contribution in [2.75, 3.05) is 23.9 Å². The molecule has 3 nitrogen and oxygen atoms in total. The summed E-state index contributed by atoms with van der Waals surface area (Å²) in [4.78, 5) is 0. The van der Waals surface area contributed by atoms with E-state index in [4.69, 9.17) is 0 Å². The minimum absolute atomic E-state index is 0.684. The van der Waals surface area contributed by atoms with Gasteiger partial charge in [-0.3, -0.25) is 0 Å². The van der Waals surface area contributed by atoms with Crippen LogP contribution in [0.15, 0.2) is 5.51 Å². The third-order valence-electron chi connectivity index (χ3n) is 1.41. The van der Waals surface area contributed by atoms with Crippen molar-refractivity contribution in [1.29, 1.82) is 0 Å². The van der Waals surface area contributed by atoms with Crippen molar-refractivity contribution in [2.45, 2.75) is 6.92 Å². The number of thioether (sulfide) groups is 1. The molecule has 0 saturated carbocycles. The SMILES string of the molecule is CSCC(C)CNc1nncs1.